The average molecular weight is 1150 g/mol. The molecule has 0 N–H and O–H groups in total. The van der Waals surface area contributed by atoms with Crippen molar-refractivity contribution < 1.29 is 0 Å². The van der Waals surface area contributed by atoms with E-state index in [-0.39, 0.29) is 0 Å². The van der Waals surface area contributed by atoms with Crippen LogP contribution in [0.2, 0.25) is 0 Å². The fourth-order valence-electron chi connectivity index (χ4n) is 9.93. The summed E-state index contributed by atoms with van der Waals surface area (Å²) in [5.41, 5.74) is 14.9. The van der Waals surface area contributed by atoms with Crippen molar-refractivity contribution in [3.8, 4) is 40.4 Å². The molecule has 398 valence electrons. The van der Waals surface area contributed by atoms with Gasteiger partial charge in [-0.05, 0) is 174 Å². The Morgan fingerprint density at radius 1 is 0.346 bits per heavy atom. The van der Waals surface area contributed by atoms with Gasteiger partial charge in [0.15, 0.2) is 0 Å². The maximum atomic E-state index is 4.92. The SMILES string of the molecule is CCCCCCc1ccsc1/C=C/c1ccc(/C=C/c2sc(-c3ccc(-c4ccc(-c5ccc(-c6cc(CCCCCC)c(/C=C/c7ccc(/C=C/c8sccc8CCCCCC)cc7)s6)s5)c5nsnc45)s3)cc2C)cc1. The summed E-state index contributed by atoms with van der Waals surface area (Å²) < 4.78 is 9.83. The molecule has 0 radical (unpaired) electrons. The van der Waals surface area contributed by atoms with Gasteiger partial charge in [0.25, 0.3) is 0 Å². The lowest BCUT2D eigenvalue weighted by Crippen LogP contribution is -1.85. The van der Waals surface area contributed by atoms with Gasteiger partial charge in [-0.1, -0.05) is 164 Å². The van der Waals surface area contributed by atoms with Crippen LogP contribution >= 0.6 is 79.7 Å². The Morgan fingerprint density at radius 3 is 1.21 bits per heavy atom. The number of fused-ring (bicyclic) bond motifs is 1. The lowest BCUT2D eigenvalue weighted by Gasteiger charge is -2.03. The zero-order valence-corrected chi connectivity index (χ0v) is 51.2. The summed E-state index contributed by atoms with van der Waals surface area (Å²) in [6.07, 6.45) is 37.2. The smallest absolute Gasteiger partial charge is 0.114 e. The Balaban J connectivity index is 0.796. The highest BCUT2D eigenvalue weighted by Crippen LogP contribution is 2.45. The van der Waals surface area contributed by atoms with E-state index < -0.39 is 0 Å². The quantitative estimate of drug-likeness (QED) is 0.0480. The van der Waals surface area contributed by atoms with Crippen LogP contribution in [0.3, 0.4) is 0 Å². The molecule has 0 saturated carbocycles. The average Bonchev–Trinajstić information content (AvgIpc) is 4.40. The molecule has 0 unspecified atom stereocenters. The van der Waals surface area contributed by atoms with Gasteiger partial charge in [0, 0.05) is 59.9 Å². The molecule has 0 aliphatic rings. The third kappa shape index (κ3) is 14.5. The Morgan fingerprint density at radius 2 is 0.744 bits per heavy atom. The van der Waals surface area contributed by atoms with Crippen LogP contribution in [-0.2, 0) is 19.3 Å². The van der Waals surface area contributed by atoms with Gasteiger partial charge < -0.3 is 0 Å². The highest BCUT2D eigenvalue weighted by molar-refractivity contribution is 7.25. The van der Waals surface area contributed by atoms with E-state index in [2.05, 4.69) is 196 Å². The third-order valence-corrected chi connectivity index (χ3v) is 21.8. The number of hydrogen-bond acceptors (Lipinski definition) is 9. The standard InChI is InChI=1S/C69H70N2S7/c1-5-8-11-14-17-53-42-44-72-59(53)35-29-50-22-20-49(21-23-50)28-34-58-48(4)46-66(74-58)64-40-38-62(76-64)56-32-33-57(69-68(56)70-78-71-69)63-39-41-65(77-63)67-47-55(19-16-13-10-7-3)61(75-67)37-31-52-26-24-51(25-27-52)30-36-60-54(43-45-73-60)18-15-12-9-6-2/h20-47H,5-19H2,1-4H3/b34-28+,35-29+,36-30+,37-31+. The highest BCUT2D eigenvalue weighted by Gasteiger charge is 2.19. The molecular formula is C69H70N2S7. The lowest BCUT2D eigenvalue weighted by atomic mass is 10.0. The molecule has 10 rings (SSSR count). The number of rotatable bonds is 27. The largest absolute Gasteiger partial charge is 0.172 e. The lowest BCUT2D eigenvalue weighted by molar-refractivity contribution is 0.667. The Labute approximate surface area is 492 Å². The monoisotopic (exact) mass is 1150 g/mol. The van der Waals surface area contributed by atoms with E-state index in [9.17, 15) is 0 Å². The van der Waals surface area contributed by atoms with E-state index in [4.69, 9.17) is 8.75 Å². The van der Waals surface area contributed by atoms with Crippen LogP contribution in [-0.4, -0.2) is 8.75 Å². The van der Waals surface area contributed by atoms with Crippen molar-refractivity contribution in [3.63, 3.8) is 0 Å². The van der Waals surface area contributed by atoms with Crippen LogP contribution in [0.15, 0.2) is 120 Å². The zero-order chi connectivity index (χ0) is 53.5. The maximum Gasteiger partial charge on any atom is 0.114 e. The molecule has 0 amide bonds. The first-order chi connectivity index (χ1) is 38.4. The first kappa shape index (κ1) is 55.9. The molecule has 0 atom stereocenters. The van der Waals surface area contributed by atoms with Crippen LogP contribution in [0.4, 0.5) is 0 Å². The third-order valence-electron chi connectivity index (χ3n) is 14.5. The van der Waals surface area contributed by atoms with Crippen LogP contribution in [0.25, 0.3) is 100 Å². The van der Waals surface area contributed by atoms with Gasteiger partial charge in [0.2, 0.25) is 0 Å². The Bertz CT molecular complexity index is 3610. The predicted molar refractivity (Wildman–Crippen MR) is 356 cm³/mol. The van der Waals surface area contributed by atoms with E-state index in [0.29, 0.717) is 0 Å². The number of nitrogens with zero attached hydrogens (tertiary/aromatic N) is 2. The second kappa shape index (κ2) is 28.2. The molecule has 0 spiro atoms. The second-order valence-electron chi connectivity index (χ2n) is 20.3. The minimum Gasteiger partial charge on any atom is -0.172 e. The molecule has 0 aliphatic heterocycles. The van der Waals surface area contributed by atoms with Gasteiger partial charge in [-0.15, -0.1) is 68.0 Å². The van der Waals surface area contributed by atoms with E-state index in [1.54, 1.807) is 0 Å². The summed E-state index contributed by atoms with van der Waals surface area (Å²) in [5.74, 6) is 0. The minimum absolute atomic E-state index is 0.981. The van der Waals surface area contributed by atoms with Crippen molar-refractivity contribution in [2.45, 2.75) is 124 Å². The molecule has 2 nitrogen and oxygen atoms in total. The summed E-state index contributed by atoms with van der Waals surface area (Å²) in [7, 11) is 0. The summed E-state index contributed by atoms with van der Waals surface area (Å²) in [4.78, 5) is 13.1. The first-order valence-electron chi connectivity index (χ1n) is 28.2. The van der Waals surface area contributed by atoms with Crippen molar-refractivity contribution in [2.24, 2.45) is 0 Å². The zero-order valence-electron chi connectivity index (χ0n) is 45.5. The second-order valence-corrected chi connectivity index (χ2v) is 27.1. The molecule has 10 aromatic rings. The first-order valence-corrected chi connectivity index (χ1v) is 33.9. The minimum atomic E-state index is 0.981. The van der Waals surface area contributed by atoms with Crippen LogP contribution < -0.4 is 0 Å². The van der Waals surface area contributed by atoms with Crippen molar-refractivity contribution in [1.29, 1.82) is 0 Å². The normalized spacial score (nSPS) is 12.2. The Hall–Kier alpha value is -5.36. The van der Waals surface area contributed by atoms with Crippen molar-refractivity contribution in [2.75, 3.05) is 0 Å². The fourth-order valence-corrected chi connectivity index (χ4v) is 16.6. The maximum absolute atomic E-state index is 4.92. The van der Waals surface area contributed by atoms with Gasteiger partial charge in [0.1, 0.15) is 11.0 Å². The van der Waals surface area contributed by atoms with Crippen LogP contribution in [0, 0.1) is 6.92 Å². The molecule has 7 heterocycles. The number of aromatic nitrogens is 2. The van der Waals surface area contributed by atoms with E-state index in [0.717, 1.165) is 28.6 Å². The predicted octanol–water partition coefficient (Wildman–Crippen LogP) is 24.1. The molecular weight excluding hydrogens is 1080 g/mol. The van der Waals surface area contributed by atoms with Gasteiger partial charge in [-0.2, -0.15) is 8.75 Å². The molecule has 7 aromatic heterocycles. The highest BCUT2D eigenvalue weighted by atomic mass is 32.1. The number of unbranched alkanes of at least 4 members (excludes halogenated alkanes) is 9. The topological polar surface area (TPSA) is 25.8 Å². The van der Waals surface area contributed by atoms with Gasteiger partial charge in [-0.25, -0.2) is 0 Å². The molecule has 3 aromatic carbocycles. The number of thiophene rings is 6. The van der Waals surface area contributed by atoms with Gasteiger partial charge >= 0.3 is 0 Å². The summed E-state index contributed by atoms with van der Waals surface area (Å²) >= 11 is 12.5. The number of benzene rings is 3. The van der Waals surface area contributed by atoms with Crippen LogP contribution in [0.1, 0.15) is 162 Å². The van der Waals surface area contributed by atoms with E-state index >= 15 is 0 Å². The molecule has 78 heavy (non-hydrogen) atoms. The fraction of sp³-hybridized carbons (Fsp3) is 0.275. The van der Waals surface area contributed by atoms with Gasteiger partial charge in [0.05, 0.1) is 11.7 Å². The number of hydrogen-bond donors (Lipinski definition) is 0. The summed E-state index contributed by atoms with van der Waals surface area (Å²) in [5, 5.41) is 4.47. The molecule has 9 heteroatoms. The number of aryl methyl sites for hydroxylation is 4. The molecule has 0 aliphatic carbocycles. The van der Waals surface area contributed by atoms with E-state index in [1.165, 1.54) is 195 Å². The van der Waals surface area contributed by atoms with Crippen molar-refractivity contribution in [3.05, 3.63) is 184 Å². The van der Waals surface area contributed by atoms with Crippen molar-refractivity contribution in [1.82, 2.24) is 8.75 Å². The van der Waals surface area contributed by atoms with E-state index in [1.807, 2.05) is 68.0 Å². The Kier molecular flexibility index (Phi) is 20.2. The van der Waals surface area contributed by atoms with Gasteiger partial charge in [-0.3, -0.25) is 0 Å². The summed E-state index contributed by atoms with van der Waals surface area (Å²) in [6.45, 7) is 9.07. The summed E-state index contributed by atoms with van der Waals surface area (Å²) in [6, 6.07) is 41.0. The van der Waals surface area contributed by atoms with Crippen molar-refractivity contribution >= 4 is 139 Å². The molecule has 0 saturated heterocycles. The van der Waals surface area contributed by atoms with Crippen LogP contribution in [0.5, 0.6) is 0 Å². The molecule has 0 bridgehead atoms. The molecule has 0 fully saturated rings.